The molecule has 0 atom stereocenters. The van der Waals surface area contributed by atoms with E-state index in [4.69, 9.17) is 0 Å². The Labute approximate surface area is 77.4 Å². The smallest absolute Gasteiger partial charge is 0.205 e. The molecule has 1 aromatic rings. The topological polar surface area (TPSA) is 0 Å². The molecule has 1 aromatic carbocycles. The average Bonchev–Trinajstić information content (AvgIpc) is 2.02. The van der Waals surface area contributed by atoms with E-state index < -0.39 is 23.7 Å². The molecular weight excluding hydrogens is 203 g/mol. The maximum atomic E-state index is 12.2. The van der Waals surface area contributed by atoms with E-state index >= 15 is 0 Å². The molecule has 0 heterocycles. The van der Waals surface area contributed by atoms with E-state index in [0.717, 1.165) is 12.1 Å². The Kier molecular flexibility index (Phi) is 2.78. The van der Waals surface area contributed by atoms with E-state index in [1.807, 2.05) is 0 Å². The van der Waals surface area contributed by atoms with Gasteiger partial charge in [-0.05, 0) is 24.6 Å². The molecule has 0 saturated carbocycles. The first-order valence-electron chi connectivity index (χ1n) is 3.78. The molecule has 0 radical (unpaired) electrons. The fourth-order valence-electron chi connectivity index (χ4n) is 1.05. The van der Waals surface area contributed by atoms with Crippen LogP contribution in [-0.4, -0.2) is 0 Å². The van der Waals surface area contributed by atoms with Gasteiger partial charge in [0.1, 0.15) is 0 Å². The second-order valence-corrected chi connectivity index (χ2v) is 2.87. The molecule has 0 aliphatic heterocycles. The molecule has 0 nitrogen and oxygen atoms in total. The van der Waals surface area contributed by atoms with Crippen LogP contribution in [0.3, 0.4) is 0 Å². The molecule has 0 saturated heterocycles. The van der Waals surface area contributed by atoms with Crippen molar-refractivity contribution < 1.29 is 22.0 Å². The number of halogens is 5. The van der Waals surface area contributed by atoms with Crippen molar-refractivity contribution in [1.82, 2.24) is 0 Å². The van der Waals surface area contributed by atoms with Crippen molar-refractivity contribution in [1.29, 1.82) is 0 Å². The highest BCUT2D eigenvalue weighted by atomic mass is 19.4. The van der Waals surface area contributed by atoms with Crippen LogP contribution in [0.25, 0.3) is 0 Å². The van der Waals surface area contributed by atoms with Crippen molar-refractivity contribution in [3.63, 3.8) is 0 Å². The van der Waals surface area contributed by atoms with Crippen LogP contribution in [-0.2, 0) is 6.18 Å². The van der Waals surface area contributed by atoms with Crippen LogP contribution in [0.4, 0.5) is 22.0 Å². The van der Waals surface area contributed by atoms with E-state index in [1.165, 1.54) is 6.92 Å². The number of benzene rings is 1. The van der Waals surface area contributed by atoms with E-state index in [1.54, 1.807) is 0 Å². The molecule has 0 aromatic heterocycles. The molecule has 0 N–H and O–H groups in total. The number of rotatable bonds is 1. The van der Waals surface area contributed by atoms with Gasteiger partial charge in [-0.25, -0.2) is 8.78 Å². The first-order chi connectivity index (χ1) is 6.32. The largest absolute Gasteiger partial charge is 0.416 e. The normalized spacial score (nSPS) is 12.2. The van der Waals surface area contributed by atoms with Gasteiger partial charge in [-0.3, -0.25) is 0 Å². The fourth-order valence-corrected chi connectivity index (χ4v) is 1.05. The average molecular weight is 210 g/mol. The summed E-state index contributed by atoms with van der Waals surface area (Å²) < 4.78 is 60.8. The van der Waals surface area contributed by atoms with E-state index in [-0.39, 0.29) is 5.56 Å². The molecule has 5 heteroatoms. The Hall–Kier alpha value is -1.13. The summed E-state index contributed by atoms with van der Waals surface area (Å²) in [5.74, 6) is 0. The number of hydrogen-bond donors (Lipinski definition) is 0. The Bertz CT molecular complexity index is 326. The molecule has 0 spiro atoms. The third kappa shape index (κ3) is 2.21. The lowest BCUT2D eigenvalue weighted by atomic mass is 10.1. The molecule has 0 aliphatic rings. The Morgan fingerprint density at radius 3 is 2.14 bits per heavy atom. The molecule has 0 amide bonds. The van der Waals surface area contributed by atoms with Gasteiger partial charge < -0.3 is 0 Å². The highest BCUT2D eigenvalue weighted by Crippen LogP contribution is 2.33. The summed E-state index contributed by atoms with van der Waals surface area (Å²) in [7, 11) is 0. The standard InChI is InChI=1S/C9H7F5/c1-5-2-3-6(9(12,13)14)4-7(5)8(10)11/h2-4,8H,1H3. The summed E-state index contributed by atoms with van der Waals surface area (Å²) >= 11 is 0. The highest BCUT2D eigenvalue weighted by molar-refractivity contribution is 5.33. The second-order valence-electron chi connectivity index (χ2n) is 2.87. The quantitative estimate of drug-likeness (QED) is 0.615. The Balaban J connectivity index is 3.20. The van der Waals surface area contributed by atoms with Crippen molar-refractivity contribution >= 4 is 0 Å². The lowest BCUT2D eigenvalue weighted by Crippen LogP contribution is -2.06. The van der Waals surface area contributed by atoms with Crippen molar-refractivity contribution in [2.24, 2.45) is 0 Å². The molecule has 0 aliphatic carbocycles. The van der Waals surface area contributed by atoms with Gasteiger partial charge in [-0.2, -0.15) is 13.2 Å². The Morgan fingerprint density at radius 1 is 1.14 bits per heavy atom. The number of alkyl halides is 5. The van der Waals surface area contributed by atoms with Gasteiger partial charge in [0, 0.05) is 5.56 Å². The van der Waals surface area contributed by atoms with Gasteiger partial charge in [0.05, 0.1) is 5.56 Å². The van der Waals surface area contributed by atoms with Crippen molar-refractivity contribution in [3.8, 4) is 0 Å². The zero-order valence-corrected chi connectivity index (χ0v) is 7.20. The zero-order valence-electron chi connectivity index (χ0n) is 7.20. The summed E-state index contributed by atoms with van der Waals surface area (Å²) in [4.78, 5) is 0. The lowest BCUT2D eigenvalue weighted by Gasteiger charge is -2.10. The van der Waals surface area contributed by atoms with Crippen LogP contribution in [0.2, 0.25) is 0 Å². The zero-order chi connectivity index (χ0) is 10.9. The third-order valence-electron chi connectivity index (χ3n) is 1.84. The summed E-state index contributed by atoms with van der Waals surface area (Å²) in [5, 5.41) is 0. The Morgan fingerprint density at radius 2 is 1.71 bits per heavy atom. The second kappa shape index (κ2) is 3.55. The van der Waals surface area contributed by atoms with E-state index in [0.29, 0.717) is 6.07 Å². The van der Waals surface area contributed by atoms with Crippen LogP contribution in [0, 0.1) is 6.92 Å². The molecule has 0 bridgehead atoms. The molecular formula is C9H7F5. The minimum Gasteiger partial charge on any atom is -0.205 e. The molecule has 78 valence electrons. The van der Waals surface area contributed by atoms with Crippen LogP contribution >= 0.6 is 0 Å². The van der Waals surface area contributed by atoms with Crippen molar-refractivity contribution in [2.45, 2.75) is 19.5 Å². The van der Waals surface area contributed by atoms with Gasteiger partial charge in [0.15, 0.2) is 0 Å². The SMILES string of the molecule is Cc1ccc(C(F)(F)F)cc1C(F)F. The van der Waals surface area contributed by atoms with E-state index in [9.17, 15) is 22.0 Å². The molecule has 1 rings (SSSR count). The van der Waals surface area contributed by atoms with Crippen molar-refractivity contribution in [3.05, 3.63) is 34.9 Å². The highest BCUT2D eigenvalue weighted by Gasteiger charge is 2.31. The molecule has 14 heavy (non-hydrogen) atoms. The van der Waals surface area contributed by atoms with Crippen LogP contribution in [0.5, 0.6) is 0 Å². The fraction of sp³-hybridized carbons (Fsp3) is 0.333. The summed E-state index contributed by atoms with van der Waals surface area (Å²) in [6.45, 7) is 1.35. The van der Waals surface area contributed by atoms with Gasteiger partial charge in [0.2, 0.25) is 0 Å². The molecule has 0 fully saturated rings. The minimum absolute atomic E-state index is 0.160. The predicted molar refractivity (Wildman–Crippen MR) is 41.1 cm³/mol. The first kappa shape index (κ1) is 10.9. The lowest BCUT2D eigenvalue weighted by molar-refractivity contribution is -0.137. The van der Waals surface area contributed by atoms with Gasteiger partial charge in [0.25, 0.3) is 6.43 Å². The summed E-state index contributed by atoms with van der Waals surface area (Å²) in [6, 6.07) is 2.32. The maximum Gasteiger partial charge on any atom is 0.416 e. The van der Waals surface area contributed by atoms with Crippen LogP contribution < -0.4 is 0 Å². The molecule has 0 unspecified atom stereocenters. The summed E-state index contributed by atoms with van der Waals surface area (Å²) in [6.07, 6.45) is -7.45. The van der Waals surface area contributed by atoms with Gasteiger partial charge in [-0.15, -0.1) is 0 Å². The first-order valence-corrected chi connectivity index (χ1v) is 3.78. The minimum atomic E-state index is -4.57. The van der Waals surface area contributed by atoms with Crippen molar-refractivity contribution in [2.75, 3.05) is 0 Å². The van der Waals surface area contributed by atoms with Crippen LogP contribution in [0.15, 0.2) is 18.2 Å². The van der Waals surface area contributed by atoms with Crippen LogP contribution in [0.1, 0.15) is 23.1 Å². The predicted octanol–water partition coefficient (Wildman–Crippen LogP) is 3.95. The third-order valence-corrected chi connectivity index (χ3v) is 1.84. The monoisotopic (exact) mass is 210 g/mol. The van der Waals surface area contributed by atoms with E-state index in [2.05, 4.69) is 0 Å². The number of aryl methyl sites for hydroxylation is 1. The number of hydrogen-bond acceptors (Lipinski definition) is 0. The van der Waals surface area contributed by atoms with Gasteiger partial charge >= 0.3 is 6.18 Å². The van der Waals surface area contributed by atoms with Gasteiger partial charge in [-0.1, -0.05) is 6.07 Å². The summed E-state index contributed by atoms with van der Waals surface area (Å²) in [5.41, 5.74) is -1.45. The maximum absolute atomic E-state index is 12.2.